The molecule has 3 aromatic carbocycles. The number of hydrogen-bond acceptors (Lipinski definition) is 4. The molecule has 1 N–H and O–H groups in total. The first kappa shape index (κ1) is 49.2. The van der Waals surface area contributed by atoms with Crippen LogP contribution in [0.25, 0.3) is 33.8 Å². The third kappa shape index (κ3) is 13.2. The van der Waals surface area contributed by atoms with E-state index in [1.807, 2.05) is 18.2 Å². The predicted molar refractivity (Wildman–Crippen MR) is 291 cm³/mol. The SMILES string of the molecule is C#C.C=C1/C=C(c2ccc(CC)c(NC(/C=C3/C=CC=CC3)=C/CC)c2)\C=C/C(C)N(c2ccc(-c3cc(C4=CCCC=C4)nc(-c4ccccc4)n3)cc2)C2=CCCC=C12.CCC=C(C)C. The van der Waals surface area contributed by atoms with Crippen LogP contribution in [0.5, 0.6) is 0 Å². The summed E-state index contributed by atoms with van der Waals surface area (Å²) in [5, 5.41) is 3.82. The van der Waals surface area contributed by atoms with E-state index in [4.69, 9.17) is 9.97 Å². The molecule has 67 heavy (non-hydrogen) atoms. The van der Waals surface area contributed by atoms with Crippen molar-refractivity contribution in [3.63, 3.8) is 0 Å². The second-order valence-corrected chi connectivity index (χ2v) is 17.2. The molecule has 0 radical (unpaired) electrons. The van der Waals surface area contributed by atoms with Gasteiger partial charge in [0.05, 0.1) is 11.4 Å². The van der Waals surface area contributed by atoms with E-state index in [9.17, 15) is 0 Å². The number of fused-ring (bicyclic) bond motifs is 1. The van der Waals surface area contributed by atoms with Gasteiger partial charge in [-0.2, -0.15) is 0 Å². The summed E-state index contributed by atoms with van der Waals surface area (Å²) in [7, 11) is 0. The van der Waals surface area contributed by atoms with Crippen molar-refractivity contribution >= 4 is 22.5 Å². The van der Waals surface area contributed by atoms with Crippen molar-refractivity contribution in [2.45, 2.75) is 99.0 Å². The number of nitrogens with zero attached hydrogens (tertiary/aromatic N) is 3. The summed E-state index contributed by atoms with van der Waals surface area (Å²) in [5.41, 5.74) is 18.2. The minimum absolute atomic E-state index is 0.0686. The van der Waals surface area contributed by atoms with Crippen LogP contribution in [0.1, 0.15) is 103 Å². The Hall–Kier alpha value is -7.22. The Morgan fingerprint density at radius 2 is 1.48 bits per heavy atom. The van der Waals surface area contributed by atoms with E-state index in [-0.39, 0.29) is 6.04 Å². The Balaban J connectivity index is 0.000000859. The lowest BCUT2D eigenvalue weighted by Gasteiger charge is -2.34. The second kappa shape index (κ2) is 24.9. The van der Waals surface area contributed by atoms with Crippen LogP contribution >= 0.6 is 0 Å². The number of rotatable bonds is 11. The molecule has 1 atom stereocenters. The normalized spacial score (nSPS) is 18.4. The van der Waals surface area contributed by atoms with E-state index in [2.05, 4.69) is 223 Å². The van der Waals surface area contributed by atoms with Crippen LogP contribution in [-0.2, 0) is 6.42 Å². The van der Waals surface area contributed by atoms with Gasteiger partial charge in [0.25, 0.3) is 0 Å². The Bertz CT molecular complexity index is 2730. The van der Waals surface area contributed by atoms with E-state index in [1.54, 1.807) is 0 Å². The molecule has 0 bridgehead atoms. The maximum Gasteiger partial charge on any atom is 0.160 e. The molecule has 2 heterocycles. The first-order valence-electron chi connectivity index (χ1n) is 24.1. The zero-order valence-electron chi connectivity index (χ0n) is 40.6. The maximum absolute atomic E-state index is 5.10. The van der Waals surface area contributed by atoms with Gasteiger partial charge in [0.2, 0.25) is 0 Å². The van der Waals surface area contributed by atoms with Crippen molar-refractivity contribution in [2.75, 3.05) is 10.2 Å². The lowest BCUT2D eigenvalue weighted by atomic mass is 9.93. The van der Waals surface area contributed by atoms with Gasteiger partial charge in [-0.25, -0.2) is 9.97 Å². The van der Waals surface area contributed by atoms with Crippen LogP contribution in [0, 0.1) is 12.8 Å². The second-order valence-electron chi connectivity index (χ2n) is 17.2. The summed E-state index contributed by atoms with van der Waals surface area (Å²) in [5.74, 6) is 0.738. The Kier molecular flexibility index (Phi) is 18.3. The van der Waals surface area contributed by atoms with E-state index < -0.39 is 0 Å². The highest BCUT2D eigenvalue weighted by Crippen LogP contribution is 2.38. The molecule has 8 rings (SSSR count). The molecule has 0 saturated carbocycles. The zero-order chi connectivity index (χ0) is 47.5. The van der Waals surface area contributed by atoms with Gasteiger partial charge in [-0.15, -0.1) is 12.8 Å². The van der Waals surface area contributed by atoms with E-state index in [1.165, 1.54) is 34.4 Å². The molecular formula is C63H68N4. The topological polar surface area (TPSA) is 41.0 Å². The van der Waals surface area contributed by atoms with Gasteiger partial charge in [-0.3, -0.25) is 0 Å². The molecule has 1 aromatic heterocycles. The largest absolute Gasteiger partial charge is 0.356 e. The average Bonchev–Trinajstić information content (AvgIpc) is 3.42. The standard InChI is InChI=1S/C55H54N4.C6H12.C2H2/c1-5-18-48(36-41-19-10-7-11-20-41)56-51-37-47(30-29-42(51)6-2)46-28-27-40(4)59(54-26-17-16-25-50(54)39(3)35-46)49-33-31-44(32-34-49)53-38-52(43-21-12-8-13-22-43)57-55(58-53)45-23-14-9-15-24-45;1-4-5-6(2)3;1-2/h7,9-12,14-15,18-19,21-38,40,56H,3,5-6,8,13,16-17,20H2,1-2,4H3;5H,4H2,1-3H3;1-2H/b28-27-,41-36-,46-35+,48-18+;;. The molecule has 0 saturated heterocycles. The van der Waals surface area contributed by atoms with Crippen molar-refractivity contribution in [1.82, 2.24) is 9.97 Å². The van der Waals surface area contributed by atoms with Gasteiger partial charge < -0.3 is 10.2 Å². The molecule has 4 aromatic rings. The fraction of sp³-hybridized carbons (Fsp3) is 0.238. The highest BCUT2D eigenvalue weighted by atomic mass is 15.2. The molecule has 0 spiro atoms. The van der Waals surface area contributed by atoms with Crippen molar-refractivity contribution in [1.29, 1.82) is 0 Å². The number of benzene rings is 3. The van der Waals surface area contributed by atoms with Gasteiger partial charge in [0, 0.05) is 45.5 Å². The van der Waals surface area contributed by atoms with Gasteiger partial charge in [0.1, 0.15) is 0 Å². The van der Waals surface area contributed by atoms with Crippen LogP contribution in [0.2, 0.25) is 0 Å². The summed E-state index contributed by atoms with van der Waals surface area (Å²) in [4.78, 5) is 12.6. The first-order valence-corrected chi connectivity index (χ1v) is 24.1. The summed E-state index contributed by atoms with van der Waals surface area (Å²) >= 11 is 0. The predicted octanol–water partition coefficient (Wildman–Crippen LogP) is 16.9. The van der Waals surface area contributed by atoms with Crippen LogP contribution in [0.3, 0.4) is 0 Å². The molecule has 4 heteroatoms. The smallest absolute Gasteiger partial charge is 0.160 e. The molecule has 0 amide bonds. The van der Waals surface area contributed by atoms with Gasteiger partial charge in [-0.1, -0.05) is 167 Å². The van der Waals surface area contributed by atoms with Crippen molar-refractivity contribution in [3.05, 3.63) is 227 Å². The van der Waals surface area contributed by atoms with Gasteiger partial charge in [0.15, 0.2) is 5.82 Å². The molecule has 4 nitrogen and oxygen atoms in total. The number of allylic oxidation sites excluding steroid dienone is 19. The number of hydrogen-bond donors (Lipinski definition) is 1. The Labute approximate surface area is 402 Å². The van der Waals surface area contributed by atoms with Crippen LogP contribution < -0.4 is 10.2 Å². The minimum atomic E-state index is 0.0686. The highest BCUT2D eigenvalue weighted by molar-refractivity contribution is 5.82. The summed E-state index contributed by atoms with van der Waals surface area (Å²) < 4.78 is 0. The summed E-state index contributed by atoms with van der Waals surface area (Å²) in [6, 6.07) is 28.2. The molecule has 0 fully saturated rings. The molecule has 3 aliphatic carbocycles. The van der Waals surface area contributed by atoms with Gasteiger partial charge >= 0.3 is 0 Å². The van der Waals surface area contributed by atoms with Crippen LogP contribution in [0.15, 0.2) is 210 Å². The zero-order valence-corrected chi connectivity index (χ0v) is 40.6. The monoisotopic (exact) mass is 881 g/mol. The third-order valence-electron chi connectivity index (χ3n) is 11.9. The molecule has 4 aliphatic rings. The lowest BCUT2D eigenvalue weighted by molar-refractivity contribution is 0.810. The summed E-state index contributed by atoms with van der Waals surface area (Å²) in [6.07, 6.45) is 49.8. The number of anilines is 2. The van der Waals surface area contributed by atoms with E-state index >= 15 is 0 Å². The minimum Gasteiger partial charge on any atom is -0.356 e. The maximum atomic E-state index is 5.10. The number of terminal acetylenes is 1. The summed E-state index contributed by atoms with van der Waals surface area (Å²) in [6.45, 7) is 17.8. The van der Waals surface area contributed by atoms with E-state index in [0.717, 1.165) is 113 Å². The molecule has 1 unspecified atom stereocenters. The number of aromatic nitrogens is 2. The van der Waals surface area contributed by atoms with Crippen LogP contribution in [0.4, 0.5) is 11.4 Å². The first-order chi connectivity index (χ1) is 32.7. The van der Waals surface area contributed by atoms with E-state index in [0.29, 0.717) is 0 Å². The molecule has 1 aliphatic heterocycles. The van der Waals surface area contributed by atoms with Gasteiger partial charge in [-0.05, 0) is 142 Å². The number of aryl methyl sites for hydroxylation is 1. The third-order valence-corrected chi connectivity index (χ3v) is 11.9. The number of nitrogens with one attached hydrogen (secondary N) is 1. The lowest BCUT2D eigenvalue weighted by Crippen LogP contribution is -2.32. The Morgan fingerprint density at radius 3 is 2.15 bits per heavy atom. The van der Waals surface area contributed by atoms with Crippen LogP contribution in [-0.4, -0.2) is 16.0 Å². The molecular weight excluding hydrogens is 813 g/mol. The Morgan fingerprint density at radius 1 is 0.746 bits per heavy atom. The van der Waals surface area contributed by atoms with Crippen molar-refractivity contribution in [3.8, 4) is 35.5 Å². The average molecular weight is 881 g/mol. The fourth-order valence-corrected chi connectivity index (χ4v) is 8.60. The fourth-order valence-electron chi connectivity index (χ4n) is 8.60. The van der Waals surface area contributed by atoms with Crippen molar-refractivity contribution in [2.24, 2.45) is 0 Å². The van der Waals surface area contributed by atoms with Crippen molar-refractivity contribution < 1.29 is 0 Å². The molecule has 340 valence electrons. The highest BCUT2D eigenvalue weighted by Gasteiger charge is 2.25. The quantitative estimate of drug-likeness (QED) is 0.120.